The molecule has 0 spiro atoms. The Bertz CT molecular complexity index is 709. The van der Waals surface area contributed by atoms with E-state index >= 15 is 0 Å². The molecule has 0 unspecified atom stereocenters. The highest BCUT2D eigenvalue weighted by atomic mass is 19.4. The molecule has 126 valence electrons. The highest BCUT2D eigenvalue weighted by Gasteiger charge is 2.28. The number of allylic oxidation sites excluding steroid dienone is 4. The predicted molar refractivity (Wildman–Crippen MR) is 79.9 cm³/mol. The first kappa shape index (κ1) is 18.6. The van der Waals surface area contributed by atoms with Crippen molar-refractivity contribution in [3.05, 3.63) is 57.9 Å². The van der Waals surface area contributed by atoms with Gasteiger partial charge in [-0.05, 0) is 44.1 Å². The summed E-state index contributed by atoms with van der Waals surface area (Å²) in [6.45, 7) is 6.79. The summed E-state index contributed by atoms with van der Waals surface area (Å²) in [6, 6.07) is 1.26. The van der Waals surface area contributed by atoms with Gasteiger partial charge in [-0.3, -0.25) is 0 Å². The number of halogens is 3. The van der Waals surface area contributed by atoms with Gasteiger partial charge in [-0.1, -0.05) is 6.58 Å². The molecule has 0 fully saturated rings. The summed E-state index contributed by atoms with van der Waals surface area (Å²) in [5.41, 5.74) is -0.438. The molecule has 0 aromatic carbocycles. The molecule has 1 aromatic heterocycles. The molecule has 0 saturated carbocycles. The summed E-state index contributed by atoms with van der Waals surface area (Å²) in [6.07, 6.45) is -1.81. The van der Waals surface area contributed by atoms with Gasteiger partial charge < -0.3 is 14.3 Å². The quantitative estimate of drug-likeness (QED) is 0.652. The SMILES string of the molecule is C=C(/C(C)=C\C(=C/C)OCC(F)(F)F)c1c(O)cc(C)oc1=O. The second-order valence-corrected chi connectivity index (χ2v) is 4.81. The Kier molecular flexibility index (Phi) is 5.84. The first-order valence-corrected chi connectivity index (χ1v) is 6.62. The van der Waals surface area contributed by atoms with Crippen LogP contribution in [0.4, 0.5) is 13.2 Å². The Labute approximate surface area is 131 Å². The molecule has 0 bridgehead atoms. The van der Waals surface area contributed by atoms with Crippen molar-refractivity contribution < 1.29 is 27.4 Å². The maximum absolute atomic E-state index is 12.2. The molecule has 1 aromatic rings. The van der Waals surface area contributed by atoms with Crippen molar-refractivity contribution in [2.75, 3.05) is 6.61 Å². The molecule has 0 aliphatic rings. The summed E-state index contributed by atoms with van der Waals surface area (Å²) in [5, 5.41) is 9.85. The Morgan fingerprint density at radius 3 is 2.57 bits per heavy atom. The fourth-order valence-corrected chi connectivity index (χ4v) is 1.74. The van der Waals surface area contributed by atoms with Crippen LogP contribution in [0.3, 0.4) is 0 Å². The minimum Gasteiger partial charge on any atom is -0.507 e. The minimum atomic E-state index is -4.46. The normalized spacial score (nSPS) is 13.1. The van der Waals surface area contributed by atoms with Gasteiger partial charge in [0.25, 0.3) is 0 Å². The van der Waals surface area contributed by atoms with Crippen LogP contribution in [-0.2, 0) is 4.74 Å². The number of hydrogen-bond donors (Lipinski definition) is 1. The standard InChI is InChI=1S/C16H17F3O4/c1-5-12(22-8-16(17,18)19)6-9(2)11(4)14-13(20)7-10(3)23-15(14)21/h5-7,20H,4,8H2,1-3H3/b9-6-,12-5+. The first-order chi connectivity index (χ1) is 10.5. The summed E-state index contributed by atoms with van der Waals surface area (Å²) in [5.74, 6) is -0.111. The summed E-state index contributed by atoms with van der Waals surface area (Å²) < 4.78 is 46.1. The highest BCUT2D eigenvalue weighted by Crippen LogP contribution is 2.27. The fraction of sp³-hybridized carbons (Fsp3) is 0.312. The van der Waals surface area contributed by atoms with E-state index in [0.717, 1.165) is 0 Å². The van der Waals surface area contributed by atoms with Crippen molar-refractivity contribution >= 4 is 5.57 Å². The number of aromatic hydroxyl groups is 1. The molecular weight excluding hydrogens is 313 g/mol. The van der Waals surface area contributed by atoms with Gasteiger partial charge in [0.1, 0.15) is 22.8 Å². The van der Waals surface area contributed by atoms with Gasteiger partial charge in [0.2, 0.25) is 0 Å². The van der Waals surface area contributed by atoms with Gasteiger partial charge >= 0.3 is 11.8 Å². The molecule has 7 heteroatoms. The summed E-state index contributed by atoms with van der Waals surface area (Å²) in [4.78, 5) is 11.8. The van der Waals surface area contributed by atoms with Gasteiger partial charge in [-0.15, -0.1) is 0 Å². The minimum absolute atomic E-state index is 0.0306. The third-order valence-corrected chi connectivity index (χ3v) is 2.88. The number of hydrogen-bond acceptors (Lipinski definition) is 4. The summed E-state index contributed by atoms with van der Waals surface area (Å²) >= 11 is 0. The number of alkyl halides is 3. The zero-order chi connectivity index (χ0) is 17.8. The molecule has 0 saturated heterocycles. The zero-order valence-corrected chi connectivity index (χ0v) is 13.0. The van der Waals surface area contributed by atoms with E-state index in [1.54, 1.807) is 0 Å². The van der Waals surface area contributed by atoms with Crippen molar-refractivity contribution in [2.24, 2.45) is 0 Å². The first-order valence-electron chi connectivity index (χ1n) is 6.62. The van der Waals surface area contributed by atoms with E-state index in [1.165, 1.54) is 39.0 Å². The van der Waals surface area contributed by atoms with E-state index in [2.05, 4.69) is 11.3 Å². The van der Waals surface area contributed by atoms with Crippen LogP contribution in [0.2, 0.25) is 0 Å². The summed E-state index contributed by atoms with van der Waals surface area (Å²) in [7, 11) is 0. The molecular formula is C16H17F3O4. The van der Waals surface area contributed by atoms with Crippen LogP contribution >= 0.6 is 0 Å². The number of ether oxygens (including phenoxy) is 1. The van der Waals surface area contributed by atoms with Crippen LogP contribution in [0, 0.1) is 6.92 Å². The van der Waals surface area contributed by atoms with Crippen LogP contribution in [-0.4, -0.2) is 17.9 Å². The maximum atomic E-state index is 12.2. The van der Waals surface area contributed by atoms with Crippen molar-refractivity contribution in [1.82, 2.24) is 0 Å². The monoisotopic (exact) mass is 330 g/mol. The zero-order valence-electron chi connectivity index (χ0n) is 13.0. The van der Waals surface area contributed by atoms with E-state index in [1.807, 2.05) is 0 Å². The topological polar surface area (TPSA) is 59.7 Å². The molecule has 1 heterocycles. The number of rotatable bonds is 5. The average molecular weight is 330 g/mol. The van der Waals surface area contributed by atoms with E-state index in [-0.39, 0.29) is 28.4 Å². The van der Waals surface area contributed by atoms with Gasteiger partial charge in [0.15, 0.2) is 6.61 Å². The van der Waals surface area contributed by atoms with E-state index < -0.39 is 18.4 Å². The van der Waals surface area contributed by atoms with E-state index in [0.29, 0.717) is 5.57 Å². The third kappa shape index (κ3) is 5.36. The molecule has 4 nitrogen and oxygen atoms in total. The Morgan fingerprint density at radius 2 is 2.09 bits per heavy atom. The van der Waals surface area contributed by atoms with Crippen LogP contribution in [0.1, 0.15) is 25.2 Å². The molecule has 1 N–H and O–H groups in total. The number of aryl methyl sites for hydroxylation is 1. The smallest absolute Gasteiger partial charge is 0.422 e. The second-order valence-electron chi connectivity index (χ2n) is 4.81. The second kappa shape index (κ2) is 7.21. The predicted octanol–water partition coefficient (Wildman–Crippen LogP) is 4.10. The van der Waals surface area contributed by atoms with Crippen LogP contribution in [0.15, 0.2) is 45.3 Å². The lowest BCUT2D eigenvalue weighted by atomic mass is 10.0. The molecule has 0 aliphatic heterocycles. The molecule has 1 rings (SSSR count). The van der Waals surface area contributed by atoms with Crippen molar-refractivity contribution in [3.63, 3.8) is 0 Å². The van der Waals surface area contributed by atoms with Gasteiger partial charge in [-0.25, -0.2) is 4.79 Å². The van der Waals surface area contributed by atoms with Crippen LogP contribution < -0.4 is 5.63 Å². The highest BCUT2D eigenvalue weighted by molar-refractivity contribution is 5.79. The Balaban J connectivity index is 3.06. The molecule has 0 radical (unpaired) electrons. The van der Waals surface area contributed by atoms with Gasteiger partial charge in [0, 0.05) is 6.07 Å². The molecule has 23 heavy (non-hydrogen) atoms. The van der Waals surface area contributed by atoms with E-state index in [9.17, 15) is 23.1 Å². The molecule has 0 amide bonds. The van der Waals surface area contributed by atoms with Gasteiger partial charge in [-0.2, -0.15) is 13.2 Å². The average Bonchev–Trinajstić information content (AvgIpc) is 2.40. The van der Waals surface area contributed by atoms with Crippen LogP contribution in [0.5, 0.6) is 5.75 Å². The van der Waals surface area contributed by atoms with Crippen molar-refractivity contribution in [3.8, 4) is 5.75 Å². The maximum Gasteiger partial charge on any atom is 0.422 e. The van der Waals surface area contributed by atoms with E-state index in [4.69, 9.17) is 4.42 Å². The molecule has 0 atom stereocenters. The third-order valence-electron chi connectivity index (χ3n) is 2.88. The Hall–Kier alpha value is -2.44. The Morgan fingerprint density at radius 1 is 1.48 bits per heavy atom. The largest absolute Gasteiger partial charge is 0.507 e. The van der Waals surface area contributed by atoms with Gasteiger partial charge in [0.05, 0.1) is 0 Å². The lowest BCUT2D eigenvalue weighted by molar-refractivity contribution is -0.163. The lowest BCUT2D eigenvalue weighted by Crippen LogP contribution is -2.16. The molecule has 0 aliphatic carbocycles. The van der Waals surface area contributed by atoms with Crippen molar-refractivity contribution in [1.29, 1.82) is 0 Å². The van der Waals surface area contributed by atoms with Crippen LogP contribution in [0.25, 0.3) is 5.57 Å². The fourth-order valence-electron chi connectivity index (χ4n) is 1.74. The van der Waals surface area contributed by atoms with Crippen molar-refractivity contribution in [2.45, 2.75) is 26.9 Å². The lowest BCUT2D eigenvalue weighted by Gasteiger charge is -2.12.